The van der Waals surface area contributed by atoms with E-state index in [-0.39, 0.29) is 11.2 Å². The van der Waals surface area contributed by atoms with E-state index in [0.717, 1.165) is 26.6 Å². The summed E-state index contributed by atoms with van der Waals surface area (Å²) in [6.07, 6.45) is 1.85. The molecule has 0 saturated carbocycles. The molecule has 2 aromatic carbocycles. The van der Waals surface area contributed by atoms with Crippen molar-refractivity contribution in [3.05, 3.63) is 69.1 Å². The average Bonchev–Trinajstić information content (AvgIpc) is 2.94. The van der Waals surface area contributed by atoms with E-state index in [0.29, 0.717) is 11.2 Å². The van der Waals surface area contributed by atoms with Crippen molar-refractivity contribution in [3.8, 4) is 5.69 Å². The highest BCUT2D eigenvalue weighted by Gasteiger charge is 2.24. The summed E-state index contributed by atoms with van der Waals surface area (Å²) in [5.74, 6) is 0. The number of aromatic nitrogens is 4. The fourth-order valence-corrected chi connectivity index (χ4v) is 3.48. The summed E-state index contributed by atoms with van der Waals surface area (Å²) in [7, 11) is 5.03. The average molecular weight is 335 g/mol. The lowest BCUT2D eigenvalue weighted by atomic mass is 10.1. The van der Waals surface area contributed by atoms with Crippen molar-refractivity contribution in [3.63, 3.8) is 0 Å². The Morgan fingerprint density at radius 1 is 1.00 bits per heavy atom. The standard InChI is InChI=1S/C19H19N4O2/c1-12-8-9-13-6-5-7-15(14(13)10-12)23-11-20(2)17-16(23)18(24)22(4)19(25)21(17)3/h5-11H,1-4H3/q+1. The third kappa shape index (κ3) is 2.07. The maximum atomic E-state index is 12.8. The van der Waals surface area contributed by atoms with E-state index in [1.165, 1.54) is 11.6 Å². The summed E-state index contributed by atoms with van der Waals surface area (Å²) in [4.78, 5) is 25.1. The molecule has 0 fully saturated rings. The summed E-state index contributed by atoms with van der Waals surface area (Å²) in [6.45, 7) is 2.05. The molecular weight excluding hydrogens is 316 g/mol. The maximum absolute atomic E-state index is 12.8. The summed E-state index contributed by atoms with van der Waals surface area (Å²) < 4.78 is 6.34. The molecule has 0 bridgehead atoms. The van der Waals surface area contributed by atoms with E-state index < -0.39 is 0 Å². The van der Waals surface area contributed by atoms with Crippen LogP contribution in [0.5, 0.6) is 0 Å². The zero-order valence-corrected chi connectivity index (χ0v) is 14.6. The van der Waals surface area contributed by atoms with Gasteiger partial charge in [0.25, 0.3) is 5.65 Å². The molecule has 0 aliphatic rings. The van der Waals surface area contributed by atoms with Crippen LogP contribution in [-0.4, -0.2) is 13.7 Å². The fourth-order valence-electron chi connectivity index (χ4n) is 3.48. The van der Waals surface area contributed by atoms with Gasteiger partial charge in [0.15, 0.2) is 6.33 Å². The van der Waals surface area contributed by atoms with Gasteiger partial charge in [-0.25, -0.2) is 23.1 Å². The molecule has 6 nitrogen and oxygen atoms in total. The molecule has 0 atom stereocenters. The minimum atomic E-state index is -0.334. The molecule has 0 aliphatic carbocycles. The predicted molar refractivity (Wildman–Crippen MR) is 97.2 cm³/mol. The maximum Gasteiger partial charge on any atom is 0.388 e. The van der Waals surface area contributed by atoms with E-state index in [9.17, 15) is 9.59 Å². The molecule has 4 aromatic rings. The highest BCUT2D eigenvalue weighted by Crippen LogP contribution is 2.25. The second-order valence-corrected chi connectivity index (χ2v) is 6.48. The van der Waals surface area contributed by atoms with Crippen LogP contribution in [0.4, 0.5) is 0 Å². The molecule has 0 amide bonds. The zero-order valence-electron chi connectivity index (χ0n) is 14.6. The molecule has 4 rings (SSSR count). The molecule has 25 heavy (non-hydrogen) atoms. The van der Waals surface area contributed by atoms with Crippen molar-refractivity contribution in [2.24, 2.45) is 21.1 Å². The first-order valence-electron chi connectivity index (χ1n) is 8.06. The van der Waals surface area contributed by atoms with E-state index in [1.54, 1.807) is 7.05 Å². The van der Waals surface area contributed by atoms with Crippen molar-refractivity contribution in [1.29, 1.82) is 0 Å². The number of rotatable bonds is 1. The van der Waals surface area contributed by atoms with Crippen molar-refractivity contribution in [2.75, 3.05) is 0 Å². The van der Waals surface area contributed by atoms with Gasteiger partial charge < -0.3 is 0 Å². The Morgan fingerprint density at radius 2 is 1.76 bits per heavy atom. The first-order valence-corrected chi connectivity index (χ1v) is 8.06. The van der Waals surface area contributed by atoms with Crippen molar-refractivity contribution in [1.82, 2.24) is 13.7 Å². The molecule has 2 heterocycles. The Hall–Kier alpha value is -3.15. The zero-order chi connectivity index (χ0) is 17.9. The van der Waals surface area contributed by atoms with Crippen LogP contribution in [0.3, 0.4) is 0 Å². The molecular formula is C19H19N4O2+. The van der Waals surface area contributed by atoms with Crippen LogP contribution in [0.15, 0.2) is 52.3 Å². The summed E-state index contributed by atoms with van der Waals surface area (Å²) in [5, 5.41) is 2.17. The minimum absolute atomic E-state index is 0.302. The van der Waals surface area contributed by atoms with Gasteiger partial charge in [-0.05, 0) is 24.4 Å². The Kier molecular flexibility index (Phi) is 3.18. The Labute approximate surface area is 143 Å². The molecule has 0 aliphatic heterocycles. The van der Waals surface area contributed by atoms with E-state index in [2.05, 4.69) is 24.3 Å². The number of hydrogen-bond donors (Lipinski definition) is 0. The lowest BCUT2D eigenvalue weighted by Crippen LogP contribution is -2.41. The van der Waals surface area contributed by atoms with E-state index >= 15 is 0 Å². The van der Waals surface area contributed by atoms with Gasteiger partial charge in [0, 0.05) is 12.4 Å². The van der Waals surface area contributed by atoms with Crippen LogP contribution in [0, 0.1) is 6.92 Å². The lowest BCUT2D eigenvalue weighted by Gasteiger charge is -2.06. The van der Waals surface area contributed by atoms with Gasteiger partial charge in [0.05, 0.1) is 14.1 Å². The van der Waals surface area contributed by atoms with E-state index in [1.807, 2.05) is 41.6 Å². The van der Waals surface area contributed by atoms with Crippen LogP contribution < -0.4 is 15.8 Å². The third-order valence-corrected chi connectivity index (χ3v) is 4.75. The number of imidazole rings is 1. The first kappa shape index (κ1) is 15.4. The summed E-state index contributed by atoms with van der Waals surface area (Å²) in [6, 6.07) is 12.3. The molecule has 0 unspecified atom stereocenters. The number of benzene rings is 2. The predicted octanol–water partition coefficient (Wildman–Crippen LogP) is 1.31. The fraction of sp³-hybridized carbons (Fsp3) is 0.211. The molecule has 126 valence electrons. The van der Waals surface area contributed by atoms with Gasteiger partial charge in [0.1, 0.15) is 5.69 Å². The smallest absolute Gasteiger partial charge is 0.265 e. The molecule has 6 heteroatoms. The van der Waals surface area contributed by atoms with E-state index in [4.69, 9.17) is 0 Å². The van der Waals surface area contributed by atoms with Gasteiger partial charge in [-0.15, -0.1) is 0 Å². The van der Waals surface area contributed by atoms with Crippen LogP contribution >= 0.6 is 0 Å². The van der Waals surface area contributed by atoms with Crippen molar-refractivity contribution < 1.29 is 4.57 Å². The Balaban J connectivity index is 2.23. The van der Waals surface area contributed by atoms with Crippen LogP contribution in [0.25, 0.3) is 27.6 Å². The second-order valence-electron chi connectivity index (χ2n) is 6.48. The molecule has 0 radical (unpaired) electrons. The van der Waals surface area contributed by atoms with Crippen molar-refractivity contribution >= 4 is 21.9 Å². The Bertz CT molecular complexity index is 1270. The number of nitrogens with zero attached hydrogens (tertiary/aromatic N) is 4. The van der Waals surface area contributed by atoms with Crippen LogP contribution in [0.2, 0.25) is 0 Å². The van der Waals surface area contributed by atoms with Crippen molar-refractivity contribution in [2.45, 2.75) is 6.92 Å². The molecule has 2 aromatic heterocycles. The highest BCUT2D eigenvalue weighted by molar-refractivity contribution is 5.92. The molecule has 0 N–H and O–H groups in total. The number of aryl methyl sites for hydroxylation is 3. The van der Waals surface area contributed by atoms with Gasteiger partial charge in [-0.1, -0.05) is 29.8 Å². The molecule has 0 saturated heterocycles. The largest absolute Gasteiger partial charge is 0.388 e. The monoisotopic (exact) mass is 335 g/mol. The van der Waals surface area contributed by atoms with Crippen LogP contribution in [0.1, 0.15) is 5.56 Å². The Morgan fingerprint density at radius 3 is 2.52 bits per heavy atom. The number of fused-ring (bicyclic) bond motifs is 2. The lowest BCUT2D eigenvalue weighted by molar-refractivity contribution is -0.648. The van der Waals surface area contributed by atoms with Crippen LogP contribution in [-0.2, 0) is 21.1 Å². The van der Waals surface area contributed by atoms with Gasteiger partial charge in [-0.2, -0.15) is 0 Å². The minimum Gasteiger partial charge on any atom is -0.265 e. The SMILES string of the molecule is Cc1ccc2cccc(-n3c[n+](C)c4c3c(=O)n(C)c(=O)n4C)c2c1. The first-order chi connectivity index (χ1) is 11.9. The quantitative estimate of drug-likeness (QED) is 0.493. The normalized spacial score (nSPS) is 11.5. The molecule has 0 spiro atoms. The third-order valence-electron chi connectivity index (χ3n) is 4.75. The summed E-state index contributed by atoms with van der Waals surface area (Å²) in [5.41, 5.74) is 2.52. The van der Waals surface area contributed by atoms with Gasteiger partial charge in [0.2, 0.25) is 5.52 Å². The topological polar surface area (TPSA) is 52.8 Å². The van der Waals surface area contributed by atoms with Gasteiger partial charge in [-0.3, -0.25) is 4.79 Å². The highest BCUT2D eigenvalue weighted by atomic mass is 16.2. The second kappa shape index (κ2) is 5.17. The van der Waals surface area contributed by atoms with Gasteiger partial charge >= 0.3 is 11.2 Å². The number of hydrogen-bond acceptors (Lipinski definition) is 2. The summed E-state index contributed by atoms with van der Waals surface area (Å²) >= 11 is 0.